The van der Waals surface area contributed by atoms with E-state index in [4.69, 9.17) is 5.73 Å². The number of pyridine rings is 1. The second-order valence-electron chi connectivity index (χ2n) is 2.95. The molecular weight excluding hydrogens is 202 g/mol. The van der Waals surface area contributed by atoms with E-state index in [9.17, 15) is 8.42 Å². The van der Waals surface area contributed by atoms with Gasteiger partial charge in [0.05, 0.1) is 0 Å². The molecule has 0 bridgehead atoms. The van der Waals surface area contributed by atoms with Gasteiger partial charge in [-0.3, -0.25) is 4.98 Å². The second-order valence-corrected chi connectivity index (χ2v) is 4.66. The van der Waals surface area contributed by atoms with Gasteiger partial charge < -0.3 is 5.73 Å². The van der Waals surface area contributed by atoms with Crippen molar-refractivity contribution < 1.29 is 8.42 Å². The van der Waals surface area contributed by atoms with Gasteiger partial charge in [-0.1, -0.05) is 0 Å². The molecule has 1 aromatic heterocycles. The van der Waals surface area contributed by atoms with Crippen LogP contribution in [0.15, 0.2) is 29.4 Å². The molecule has 0 amide bonds. The first kappa shape index (κ1) is 11.1. The fourth-order valence-corrected chi connectivity index (χ4v) is 2.11. The number of nitrogens with one attached hydrogen (secondary N) is 1. The van der Waals surface area contributed by atoms with Gasteiger partial charge in [-0.2, -0.15) is 0 Å². The molecule has 0 aliphatic heterocycles. The third-order valence-electron chi connectivity index (χ3n) is 1.65. The molecule has 0 aliphatic rings. The van der Waals surface area contributed by atoms with Gasteiger partial charge in [-0.15, -0.1) is 0 Å². The Morgan fingerprint density at radius 2 is 2.36 bits per heavy atom. The molecule has 0 saturated heterocycles. The standard InChI is InChI=1S/C8H13N3O2S/c1-7(5-9)11-14(12,13)8-3-2-4-10-6-8/h2-4,6-7,11H,5,9H2,1H3/t7-/m0/s1. The highest BCUT2D eigenvalue weighted by molar-refractivity contribution is 7.89. The Bertz CT molecular complexity index is 377. The average molecular weight is 215 g/mol. The van der Waals surface area contributed by atoms with Crippen molar-refractivity contribution >= 4 is 10.0 Å². The lowest BCUT2D eigenvalue weighted by Crippen LogP contribution is -2.37. The number of nitrogens with two attached hydrogens (primary N) is 1. The largest absolute Gasteiger partial charge is 0.329 e. The number of rotatable bonds is 4. The van der Waals surface area contributed by atoms with Gasteiger partial charge in [0.1, 0.15) is 4.90 Å². The summed E-state index contributed by atoms with van der Waals surface area (Å²) in [5, 5.41) is 0. The topological polar surface area (TPSA) is 85.1 Å². The number of nitrogens with zero attached hydrogens (tertiary/aromatic N) is 1. The molecule has 1 aromatic rings. The number of aromatic nitrogens is 1. The van der Waals surface area contributed by atoms with Crippen LogP contribution in [0.3, 0.4) is 0 Å². The van der Waals surface area contributed by atoms with E-state index in [2.05, 4.69) is 9.71 Å². The summed E-state index contributed by atoms with van der Waals surface area (Å²) in [4.78, 5) is 3.89. The highest BCUT2D eigenvalue weighted by Gasteiger charge is 2.15. The van der Waals surface area contributed by atoms with Gasteiger partial charge in [0.25, 0.3) is 0 Å². The molecule has 1 rings (SSSR count). The fourth-order valence-electron chi connectivity index (χ4n) is 0.887. The first-order valence-corrected chi connectivity index (χ1v) is 5.67. The summed E-state index contributed by atoms with van der Waals surface area (Å²) in [6.45, 7) is 1.97. The Balaban J connectivity index is 2.87. The summed E-state index contributed by atoms with van der Waals surface area (Å²) in [5.41, 5.74) is 5.31. The van der Waals surface area contributed by atoms with E-state index in [-0.39, 0.29) is 17.5 Å². The van der Waals surface area contributed by atoms with Crippen LogP contribution < -0.4 is 10.5 Å². The minimum absolute atomic E-state index is 0.153. The monoisotopic (exact) mass is 215 g/mol. The summed E-state index contributed by atoms with van der Waals surface area (Å²) >= 11 is 0. The average Bonchev–Trinajstić information content (AvgIpc) is 2.18. The number of sulfonamides is 1. The number of hydrogen-bond acceptors (Lipinski definition) is 4. The van der Waals surface area contributed by atoms with Crippen LogP contribution in [0.5, 0.6) is 0 Å². The molecule has 3 N–H and O–H groups in total. The van der Waals surface area contributed by atoms with Crippen molar-refractivity contribution in [2.75, 3.05) is 6.54 Å². The van der Waals surface area contributed by atoms with Crippen molar-refractivity contribution in [2.45, 2.75) is 17.9 Å². The van der Waals surface area contributed by atoms with E-state index in [1.165, 1.54) is 18.5 Å². The van der Waals surface area contributed by atoms with Crippen LogP contribution in [0.4, 0.5) is 0 Å². The Morgan fingerprint density at radius 3 is 2.86 bits per heavy atom. The molecule has 14 heavy (non-hydrogen) atoms. The molecule has 6 heteroatoms. The Hall–Kier alpha value is -0.980. The van der Waals surface area contributed by atoms with Gasteiger partial charge in [0, 0.05) is 25.0 Å². The summed E-state index contributed by atoms with van der Waals surface area (Å²) in [5.74, 6) is 0. The van der Waals surface area contributed by atoms with Gasteiger partial charge >= 0.3 is 0 Å². The van der Waals surface area contributed by atoms with E-state index < -0.39 is 10.0 Å². The highest BCUT2D eigenvalue weighted by Crippen LogP contribution is 2.05. The Labute approximate surface area is 83.4 Å². The molecule has 0 aliphatic carbocycles. The van der Waals surface area contributed by atoms with E-state index in [1.807, 2.05) is 0 Å². The van der Waals surface area contributed by atoms with Crippen molar-refractivity contribution in [1.82, 2.24) is 9.71 Å². The molecular formula is C8H13N3O2S. The Kier molecular flexibility index (Phi) is 3.56. The zero-order chi connectivity index (χ0) is 10.6. The molecule has 1 atom stereocenters. The van der Waals surface area contributed by atoms with Gasteiger partial charge in [-0.05, 0) is 19.1 Å². The maximum Gasteiger partial charge on any atom is 0.242 e. The molecule has 5 nitrogen and oxygen atoms in total. The Morgan fingerprint density at radius 1 is 1.64 bits per heavy atom. The maximum absolute atomic E-state index is 11.6. The van der Waals surface area contributed by atoms with Crippen LogP contribution in [0.25, 0.3) is 0 Å². The van der Waals surface area contributed by atoms with E-state index >= 15 is 0 Å². The van der Waals surface area contributed by atoms with E-state index in [0.29, 0.717) is 0 Å². The van der Waals surface area contributed by atoms with Crippen molar-refractivity contribution in [1.29, 1.82) is 0 Å². The predicted octanol–water partition coefficient (Wildman–Crippen LogP) is -0.293. The van der Waals surface area contributed by atoms with Crippen LogP contribution in [0.2, 0.25) is 0 Å². The lowest BCUT2D eigenvalue weighted by Gasteiger charge is -2.11. The lowest BCUT2D eigenvalue weighted by molar-refractivity contribution is 0.562. The zero-order valence-electron chi connectivity index (χ0n) is 7.84. The molecule has 78 valence electrons. The summed E-state index contributed by atoms with van der Waals surface area (Å²) in [6.07, 6.45) is 2.82. The molecule has 0 aromatic carbocycles. The zero-order valence-corrected chi connectivity index (χ0v) is 8.66. The maximum atomic E-state index is 11.6. The van der Waals surface area contributed by atoms with Crippen LogP contribution in [-0.2, 0) is 10.0 Å². The quantitative estimate of drug-likeness (QED) is 0.722. The van der Waals surface area contributed by atoms with E-state index in [0.717, 1.165) is 0 Å². The minimum atomic E-state index is -3.46. The van der Waals surface area contributed by atoms with Gasteiger partial charge in [-0.25, -0.2) is 13.1 Å². The van der Waals surface area contributed by atoms with Crippen LogP contribution >= 0.6 is 0 Å². The van der Waals surface area contributed by atoms with Crippen molar-refractivity contribution in [3.8, 4) is 0 Å². The van der Waals surface area contributed by atoms with E-state index in [1.54, 1.807) is 13.0 Å². The molecule has 0 spiro atoms. The molecule has 0 fully saturated rings. The first-order chi connectivity index (χ1) is 6.56. The third-order valence-corrected chi connectivity index (χ3v) is 3.23. The molecule has 0 saturated carbocycles. The van der Waals surface area contributed by atoms with Gasteiger partial charge in [0.15, 0.2) is 0 Å². The summed E-state index contributed by atoms with van der Waals surface area (Å²) < 4.78 is 25.6. The van der Waals surface area contributed by atoms with Crippen molar-refractivity contribution in [3.63, 3.8) is 0 Å². The van der Waals surface area contributed by atoms with Crippen LogP contribution in [0.1, 0.15) is 6.92 Å². The predicted molar refractivity (Wildman–Crippen MR) is 53.1 cm³/mol. The van der Waals surface area contributed by atoms with Crippen LogP contribution in [-0.4, -0.2) is 26.0 Å². The molecule has 1 heterocycles. The highest BCUT2D eigenvalue weighted by atomic mass is 32.2. The van der Waals surface area contributed by atoms with Gasteiger partial charge in [0.2, 0.25) is 10.0 Å². The first-order valence-electron chi connectivity index (χ1n) is 4.18. The molecule has 0 unspecified atom stereocenters. The fraction of sp³-hybridized carbons (Fsp3) is 0.375. The second kappa shape index (κ2) is 4.50. The molecule has 0 radical (unpaired) electrons. The van der Waals surface area contributed by atoms with Crippen LogP contribution in [0, 0.1) is 0 Å². The summed E-state index contributed by atoms with van der Waals surface area (Å²) in [6, 6.07) is 2.78. The normalized spacial score (nSPS) is 13.9. The third kappa shape index (κ3) is 2.76. The SMILES string of the molecule is C[C@@H](CN)NS(=O)(=O)c1cccnc1. The summed E-state index contributed by atoms with van der Waals surface area (Å²) in [7, 11) is -3.46. The van der Waals surface area contributed by atoms with Crippen molar-refractivity contribution in [3.05, 3.63) is 24.5 Å². The lowest BCUT2D eigenvalue weighted by atomic mass is 10.4. The van der Waals surface area contributed by atoms with Crippen molar-refractivity contribution in [2.24, 2.45) is 5.73 Å². The smallest absolute Gasteiger partial charge is 0.242 e. The number of hydrogen-bond donors (Lipinski definition) is 2. The minimum Gasteiger partial charge on any atom is -0.329 e.